The van der Waals surface area contributed by atoms with Gasteiger partial charge in [-0.15, -0.1) is 0 Å². The molecule has 0 atom stereocenters. The third kappa shape index (κ3) is 5.95. The Morgan fingerprint density at radius 2 is 1.83 bits per heavy atom. The van der Waals surface area contributed by atoms with E-state index in [4.69, 9.17) is 17.3 Å². The monoisotopic (exact) mass is 531 g/mol. The first-order valence-electron chi connectivity index (χ1n) is 11.1. The molecular formula is C24H26ClN5O3S2. The number of rotatable bonds is 7. The molecule has 0 bridgehead atoms. The number of nitrogens with one attached hydrogen (secondary N) is 1. The predicted molar refractivity (Wildman–Crippen MR) is 137 cm³/mol. The van der Waals surface area contributed by atoms with Crippen LogP contribution in [-0.4, -0.2) is 43.9 Å². The number of benzene rings is 2. The second kappa shape index (κ2) is 10.5. The molecule has 0 unspecified atom stereocenters. The second-order valence-corrected chi connectivity index (χ2v) is 11.8. The van der Waals surface area contributed by atoms with Crippen LogP contribution in [0.15, 0.2) is 75.7 Å². The summed E-state index contributed by atoms with van der Waals surface area (Å²) in [7, 11) is -4.02. The van der Waals surface area contributed by atoms with Crippen LogP contribution in [-0.2, 0) is 10.0 Å². The van der Waals surface area contributed by atoms with Crippen molar-refractivity contribution in [3.05, 3.63) is 71.5 Å². The van der Waals surface area contributed by atoms with E-state index in [1.54, 1.807) is 42.7 Å². The molecule has 2 heterocycles. The molecule has 0 saturated carbocycles. The zero-order chi connectivity index (χ0) is 25.1. The van der Waals surface area contributed by atoms with Gasteiger partial charge >= 0.3 is 0 Å². The summed E-state index contributed by atoms with van der Waals surface area (Å²) in [5.74, 6) is -0.00363. The van der Waals surface area contributed by atoms with Crippen LogP contribution in [0.25, 0.3) is 0 Å². The lowest BCUT2D eigenvalue weighted by atomic mass is 9.80. The van der Waals surface area contributed by atoms with Crippen LogP contribution >= 0.6 is 23.4 Å². The van der Waals surface area contributed by atoms with E-state index in [9.17, 15) is 13.2 Å². The molecule has 1 aliphatic rings. The van der Waals surface area contributed by atoms with E-state index in [2.05, 4.69) is 26.5 Å². The van der Waals surface area contributed by atoms with Crippen molar-refractivity contribution >= 4 is 45.1 Å². The number of sulfonamides is 1. The Bertz CT molecular complexity index is 1300. The smallest absolute Gasteiger partial charge is 0.266 e. The van der Waals surface area contributed by atoms with E-state index in [-0.39, 0.29) is 20.9 Å². The van der Waals surface area contributed by atoms with E-state index in [0.717, 1.165) is 31.7 Å². The minimum absolute atomic E-state index is 0.00766. The predicted octanol–water partition coefficient (Wildman–Crippen LogP) is 3.97. The van der Waals surface area contributed by atoms with Crippen LogP contribution in [0.5, 0.6) is 0 Å². The summed E-state index contributed by atoms with van der Waals surface area (Å²) in [4.78, 5) is 24.5. The highest BCUT2D eigenvalue weighted by molar-refractivity contribution is 7.99. The Kier molecular flexibility index (Phi) is 7.65. The average molecular weight is 532 g/mol. The molecule has 8 nitrogen and oxygen atoms in total. The Morgan fingerprint density at radius 3 is 2.46 bits per heavy atom. The van der Waals surface area contributed by atoms with Gasteiger partial charge in [0.25, 0.3) is 15.9 Å². The molecule has 1 fully saturated rings. The van der Waals surface area contributed by atoms with Crippen LogP contribution in [0.1, 0.15) is 30.1 Å². The summed E-state index contributed by atoms with van der Waals surface area (Å²) >= 11 is 7.73. The highest BCUT2D eigenvalue weighted by Gasteiger charge is 2.29. The summed E-state index contributed by atoms with van der Waals surface area (Å²) in [6, 6.07) is 12.5. The van der Waals surface area contributed by atoms with Crippen LogP contribution in [0.3, 0.4) is 0 Å². The topological polar surface area (TPSA) is 118 Å². The third-order valence-corrected chi connectivity index (χ3v) is 8.95. The molecule has 1 saturated heterocycles. The number of hydrogen-bond donors (Lipinski definition) is 2. The van der Waals surface area contributed by atoms with Gasteiger partial charge in [-0.2, -0.15) is 0 Å². The van der Waals surface area contributed by atoms with Crippen molar-refractivity contribution < 1.29 is 13.2 Å². The summed E-state index contributed by atoms with van der Waals surface area (Å²) in [6.07, 6.45) is 5.41. The normalized spacial score (nSPS) is 15.6. The number of carbonyl (C=O) groups is 1. The summed E-state index contributed by atoms with van der Waals surface area (Å²) < 4.78 is 27.1. The van der Waals surface area contributed by atoms with Gasteiger partial charge in [-0.1, -0.05) is 54.6 Å². The molecule has 0 radical (unpaired) electrons. The van der Waals surface area contributed by atoms with Gasteiger partial charge in [-0.25, -0.2) is 23.1 Å². The zero-order valence-electron chi connectivity index (χ0n) is 19.1. The minimum atomic E-state index is -4.02. The quantitative estimate of drug-likeness (QED) is 0.470. The first-order valence-corrected chi connectivity index (χ1v) is 13.7. The average Bonchev–Trinajstić information content (AvgIpc) is 2.86. The Balaban J connectivity index is 1.45. The van der Waals surface area contributed by atoms with Crippen molar-refractivity contribution in [2.24, 2.45) is 11.1 Å². The Hall–Kier alpha value is -2.66. The highest BCUT2D eigenvalue weighted by Crippen LogP contribution is 2.35. The lowest BCUT2D eigenvalue weighted by Gasteiger charge is -2.39. The molecule has 1 aliphatic heterocycles. The van der Waals surface area contributed by atoms with Gasteiger partial charge in [-0.05, 0) is 49.1 Å². The number of nitrogens with zero attached hydrogens (tertiary/aromatic N) is 3. The minimum Gasteiger partial charge on any atom is -0.355 e. The van der Waals surface area contributed by atoms with Gasteiger partial charge in [0, 0.05) is 18.0 Å². The first kappa shape index (κ1) is 25.4. The number of halogens is 1. The molecule has 184 valence electrons. The van der Waals surface area contributed by atoms with Crippen molar-refractivity contribution in [2.75, 3.05) is 24.5 Å². The maximum absolute atomic E-state index is 12.7. The molecule has 3 N–H and O–H groups in total. The van der Waals surface area contributed by atoms with Crippen molar-refractivity contribution in [1.82, 2.24) is 14.7 Å². The number of amides is 1. The summed E-state index contributed by atoms with van der Waals surface area (Å²) in [5, 5.41) is 0.746. The maximum atomic E-state index is 12.7. The van der Waals surface area contributed by atoms with E-state index >= 15 is 0 Å². The number of nitrogens with two attached hydrogens (primary N) is 1. The third-order valence-electron chi connectivity index (χ3n) is 6.10. The molecule has 1 aromatic heterocycles. The Morgan fingerprint density at radius 1 is 1.11 bits per heavy atom. The second-order valence-electron chi connectivity index (χ2n) is 8.68. The van der Waals surface area contributed by atoms with E-state index in [1.807, 2.05) is 0 Å². The number of anilines is 1. The molecule has 0 spiro atoms. The van der Waals surface area contributed by atoms with Crippen LogP contribution < -0.4 is 15.4 Å². The molecule has 11 heteroatoms. The molecule has 35 heavy (non-hydrogen) atoms. The van der Waals surface area contributed by atoms with Crippen LogP contribution in [0.4, 0.5) is 5.82 Å². The van der Waals surface area contributed by atoms with Gasteiger partial charge in [0.05, 0.1) is 27.9 Å². The molecule has 2 aromatic carbocycles. The van der Waals surface area contributed by atoms with Crippen molar-refractivity contribution in [2.45, 2.75) is 34.6 Å². The number of aromatic nitrogens is 2. The molecule has 1 amide bonds. The van der Waals surface area contributed by atoms with Crippen molar-refractivity contribution in [1.29, 1.82) is 0 Å². The number of hydrogen-bond acceptors (Lipinski definition) is 8. The molecule has 4 rings (SSSR count). The summed E-state index contributed by atoms with van der Waals surface area (Å²) in [5.41, 5.74) is 6.13. The van der Waals surface area contributed by atoms with Gasteiger partial charge < -0.3 is 10.6 Å². The van der Waals surface area contributed by atoms with E-state index in [1.165, 1.54) is 30.0 Å². The van der Waals surface area contributed by atoms with E-state index < -0.39 is 15.9 Å². The lowest BCUT2D eigenvalue weighted by molar-refractivity contribution is 0.0981. The lowest BCUT2D eigenvalue weighted by Crippen LogP contribution is -2.42. The van der Waals surface area contributed by atoms with Crippen molar-refractivity contribution in [3.63, 3.8) is 0 Å². The standard InChI is InChI=1S/C24H26ClN5O3S2/c1-24(16-26)10-12-30(13-11-24)20-14-28-21(15-27-20)34-19-9-5-8-18(22(19)25)23(31)29-35(32,33)17-6-3-2-4-7-17/h2-9,14-15H,10-13,16,26H2,1H3,(H,29,31). The van der Waals surface area contributed by atoms with Crippen LogP contribution in [0.2, 0.25) is 5.02 Å². The number of carbonyl (C=O) groups excluding carboxylic acids is 1. The largest absolute Gasteiger partial charge is 0.355 e. The van der Waals surface area contributed by atoms with Gasteiger partial charge in [0.15, 0.2) is 0 Å². The SMILES string of the molecule is CC1(CN)CCN(c2cnc(Sc3cccc(C(=O)NS(=O)(=O)c4ccccc4)c3Cl)cn2)CC1. The fourth-order valence-electron chi connectivity index (χ4n) is 3.72. The number of piperidine rings is 1. The summed E-state index contributed by atoms with van der Waals surface area (Å²) in [6.45, 7) is 4.65. The Labute approximate surface area is 214 Å². The fraction of sp³-hybridized carbons (Fsp3) is 0.292. The van der Waals surface area contributed by atoms with Crippen molar-refractivity contribution in [3.8, 4) is 0 Å². The van der Waals surface area contributed by atoms with Gasteiger partial charge in [0.1, 0.15) is 10.8 Å². The molecular weight excluding hydrogens is 506 g/mol. The molecule has 0 aliphatic carbocycles. The highest BCUT2D eigenvalue weighted by atomic mass is 35.5. The first-order chi connectivity index (χ1) is 16.7. The fourth-order valence-corrected chi connectivity index (χ4v) is 5.82. The molecule has 3 aromatic rings. The zero-order valence-corrected chi connectivity index (χ0v) is 21.5. The van der Waals surface area contributed by atoms with Gasteiger partial charge in [-0.3, -0.25) is 4.79 Å². The van der Waals surface area contributed by atoms with Gasteiger partial charge in [0.2, 0.25) is 0 Å². The maximum Gasteiger partial charge on any atom is 0.266 e. The van der Waals surface area contributed by atoms with Crippen LogP contribution in [0, 0.1) is 5.41 Å². The van der Waals surface area contributed by atoms with E-state index in [0.29, 0.717) is 16.5 Å².